The van der Waals surface area contributed by atoms with Crippen LogP contribution in [-0.4, -0.2) is 30.0 Å². The molecule has 0 unspecified atom stereocenters. The summed E-state index contributed by atoms with van der Waals surface area (Å²) in [5.41, 5.74) is 6.34. The summed E-state index contributed by atoms with van der Waals surface area (Å²) in [5.74, 6) is -1.10. The van der Waals surface area contributed by atoms with Crippen LogP contribution in [0.5, 0.6) is 0 Å². The summed E-state index contributed by atoms with van der Waals surface area (Å²) in [6.45, 7) is 1.73. The number of anilines is 3. The second-order valence-electron chi connectivity index (χ2n) is 5.66. The molecule has 0 saturated heterocycles. The Morgan fingerprint density at radius 1 is 1.33 bits per heavy atom. The van der Waals surface area contributed by atoms with Gasteiger partial charge in [-0.1, -0.05) is 6.92 Å². The van der Waals surface area contributed by atoms with E-state index in [4.69, 9.17) is 5.73 Å². The number of rotatable bonds is 6. The number of amides is 1. The molecule has 0 aliphatic heterocycles. The lowest BCUT2D eigenvalue weighted by atomic mass is 10.2. The predicted octanol–water partition coefficient (Wildman–Crippen LogP) is 2.82. The van der Waals surface area contributed by atoms with Gasteiger partial charge in [-0.2, -0.15) is 0 Å². The van der Waals surface area contributed by atoms with Crippen molar-refractivity contribution in [3.05, 3.63) is 41.3 Å². The van der Waals surface area contributed by atoms with Crippen LogP contribution in [0.3, 0.4) is 0 Å². The van der Waals surface area contributed by atoms with Crippen molar-refractivity contribution >= 4 is 54.7 Å². The van der Waals surface area contributed by atoms with Crippen LogP contribution in [0.2, 0.25) is 0 Å². The van der Waals surface area contributed by atoms with E-state index in [1.165, 1.54) is 29.8 Å². The molecule has 27 heavy (non-hydrogen) atoms. The first-order valence-electron chi connectivity index (χ1n) is 7.90. The topological polar surface area (TPSA) is 127 Å². The Balaban J connectivity index is 1.87. The van der Waals surface area contributed by atoms with Gasteiger partial charge in [-0.25, -0.2) is 22.8 Å². The molecular weight excluding hydrogens is 393 g/mol. The number of hydrogen-bond donors (Lipinski definition) is 3. The van der Waals surface area contributed by atoms with Crippen molar-refractivity contribution in [3.63, 3.8) is 0 Å². The highest BCUT2D eigenvalue weighted by Gasteiger charge is 2.18. The van der Waals surface area contributed by atoms with E-state index < -0.39 is 21.7 Å². The Bertz CT molecular complexity index is 1110. The molecule has 0 fully saturated rings. The molecule has 0 bridgehead atoms. The molecule has 8 nitrogen and oxygen atoms in total. The molecule has 0 atom stereocenters. The van der Waals surface area contributed by atoms with Gasteiger partial charge in [0.25, 0.3) is 5.91 Å². The maximum Gasteiger partial charge on any atom is 0.258 e. The van der Waals surface area contributed by atoms with Crippen LogP contribution < -0.4 is 15.8 Å². The van der Waals surface area contributed by atoms with Crippen molar-refractivity contribution in [1.82, 2.24) is 9.97 Å². The van der Waals surface area contributed by atoms with Gasteiger partial charge in [0, 0.05) is 5.38 Å². The lowest BCUT2D eigenvalue weighted by molar-refractivity contribution is 0.102. The highest BCUT2D eigenvalue weighted by Crippen LogP contribution is 2.29. The first-order valence-corrected chi connectivity index (χ1v) is 10.4. The minimum Gasteiger partial charge on any atom is -0.382 e. The molecule has 11 heteroatoms. The van der Waals surface area contributed by atoms with Crippen molar-refractivity contribution in [2.24, 2.45) is 0 Å². The van der Waals surface area contributed by atoms with Gasteiger partial charge in [-0.3, -0.25) is 9.52 Å². The lowest BCUT2D eigenvalue weighted by Crippen LogP contribution is -2.17. The maximum atomic E-state index is 14.1. The highest BCUT2D eigenvalue weighted by atomic mass is 32.2. The summed E-state index contributed by atoms with van der Waals surface area (Å²) < 4.78 is 40.7. The van der Waals surface area contributed by atoms with Crippen molar-refractivity contribution < 1.29 is 17.6 Å². The third-order valence-electron chi connectivity index (χ3n) is 3.59. The third kappa shape index (κ3) is 4.14. The Morgan fingerprint density at radius 3 is 2.85 bits per heavy atom. The maximum absolute atomic E-state index is 14.1. The number of nitrogens with one attached hydrogen (secondary N) is 2. The fourth-order valence-corrected chi connectivity index (χ4v) is 4.43. The summed E-state index contributed by atoms with van der Waals surface area (Å²) in [6, 6.07) is 3.58. The van der Waals surface area contributed by atoms with Gasteiger partial charge in [0.05, 0.1) is 32.9 Å². The van der Waals surface area contributed by atoms with Crippen LogP contribution in [0.25, 0.3) is 10.2 Å². The summed E-state index contributed by atoms with van der Waals surface area (Å²) in [7, 11) is -3.53. The smallest absolute Gasteiger partial charge is 0.258 e. The van der Waals surface area contributed by atoms with E-state index in [1.54, 1.807) is 12.3 Å². The molecule has 0 aliphatic carbocycles. The van der Waals surface area contributed by atoms with Gasteiger partial charge in [0.2, 0.25) is 10.0 Å². The average Bonchev–Trinajstić information content (AvgIpc) is 3.03. The molecule has 4 N–H and O–H groups in total. The monoisotopic (exact) mass is 409 g/mol. The first-order chi connectivity index (χ1) is 12.8. The normalized spacial score (nSPS) is 11.5. The van der Waals surface area contributed by atoms with Gasteiger partial charge in [0.1, 0.15) is 18.0 Å². The SMILES string of the molecule is CCCS(=O)(=O)Nc1ccc(F)c(NC(=O)c2csc3c(N)ncnc23)c1. The average molecular weight is 409 g/mol. The third-order valence-corrected chi connectivity index (χ3v) is 6.07. The first kappa shape index (κ1) is 19.0. The minimum absolute atomic E-state index is 0.0614. The van der Waals surface area contributed by atoms with Crippen molar-refractivity contribution in [3.8, 4) is 0 Å². The van der Waals surface area contributed by atoms with Crippen LogP contribution in [-0.2, 0) is 10.0 Å². The molecular formula is C16H16FN5O3S2. The van der Waals surface area contributed by atoms with Crippen molar-refractivity contribution in [2.45, 2.75) is 13.3 Å². The molecule has 0 spiro atoms. The number of sulfonamides is 1. The van der Waals surface area contributed by atoms with Gasteiger partial charge >= 0.3 is 0 Å². The van der Waals surface area contributed by atoms with E-state index in [1.807, 2.05) is 0 Å². The zero-order chi connectivity index (χ0) is 19.6. The van der Waals surface area contributed by atoms with Crippen LogP contribution in [0.15, 0.2) is 29.9 Å². The Labute approximate surface area is 158 Å². The van der Waals surface area contributed by atoms with E-state index in [9.17, 15) is 17.6 Å². The minimum atomic E-state index is -3.53. The highest BCUT2D eigenvalue weighted by molar-refractivity contribution is 7.92. The molecule has 0 aliphatic rings. The molecule has 2 heterocycles. The number of carbonyl (C=O) groups excluding carboxylic acids is 1. The van der Waals surface area contributed by atoms with Crippen molar-refractivity contribution in [2.75, 3.05) is 21.5 Å². The Kier molecular flexibility index (Phi) is 5.24. The lowest BCUT2D eigenvalue weighted by Gasteiger charge is -2.10. The number of benzene rings is 1. The molecule has 142 valence electrons. The second-order valence-corrected chi connectivity index (χ2v) is 8.38. The number of carbonyl (C=O) groups is 1. The molecule has 3 aromatic rings. The molecule has 2 aromatic heterocycles. The van der Waals surface area contributed by atoms with E-state index >= 15 is 0 Å². The molecule has 0 saturated carbocycles. The van der Waals surface area contributed by atoms with Crippen LogP contribution >= 0.6 is 11.3 Å². The summed E-state index contributed by atoms with van der Waals surface area (Å²) >= 11 is 1.20. The Hall–Kier alpha value is -2.79. The number of nitrogens with zero attached hydrogens (tertiary/aromatic N) is 2. The number of aromatic nitrogens is 2. The number of thiophene rings is 1. The molecule has 1 amide bonds. The molecule has 0 radical (unpaired) electrons. The number of nitrogen functional groups attached to an aromatic ring is 1. The van der Waals surface area contributed by atoms with E-state index in [0.29, 0.717) is 16.6 Å². The standard InChI is InChI=1S/C16H16FN5O3S2/c1-2-5-27(24,25)22-9-3-4-11(17)12(6-9)21-16(23)10-7-26-14-13(10)19-8-20-15(14)18/h3-4,6-8,22H,2,5H2,1H3,(H,21,23)(H2,18,19,20). The van der Waals surface area contributed by atoms with Gasteiger partial charge in [0.15, 0.2) is 0 Å². The zero-order valence-corrected chi connectivity index (χ0v) is 15.8. The number of fused-ring (bicyclic) bond motifs is 1. The zero-order valence-electron chi connectivity index (χ0n) is 14.2. The van der Waals surface area contributed by atoms with Gasteiger partial charge < -0.3 is 11.1 Å². The van der Waals surface area contributed by atoms with Crippen LogP contribution in [0, 0.1) is 5.82 Å². The fraction of sp³-hybridized carbons (Fsp3) is 0.188. The van der Waals surface area contributed by atoms with Gasteiger partial charge in [-0.05, 0) is 24.6 Å². The van der Waals surface area contributed by atoms with Crippen LogP contribution in [0.4, 0.5) is 21.6 Å². The number of hydrogen-bond acceptors (Lipinski definition) is 7. The number of nitrogens with two attached hydrogens (primary N) is 1. The Morgan fingerprint density at radius 2 is 2.11 bits per heavy atom. The number of halogens is 1. The quantitative estimate of drug-likeness (QED) is 0.574. The summed E-state index contributed by atoms with van der Waals surface area (Å²) in [6.07, 6.45) is 1.68. The fourth-order valence-electron chi connectivity index (χ4n) is 2.40. The van der Waals surface area contributed by atoms with Crippen LogP contribution in [0.1, 0.15) is 23.7 Å². The van der Waals surface area contributed by atoms with Gasteiger partial charge in [-0.15, -0.1) is 11.3 Å². The predicted molar refractivity (Wildman–Crippen MR) is 104 cm³/mol. The van der Waals surface area contributed by atoms with E-state index in [-0.39, 0.29) is 28.5 Å². The second kappa shape index (κ2) is 7.45. The van der Waals surface area contributed by atoms with E-state index in [0.717, 1.165) is 6.07 Å². The largest absolute Gasteiger partial charge is 0.382 e. The van der Waals surface area contributed by atoms with Crippen molar-refractivity contribution in [1.29, 1.82) is 0 Å². The molecule has 3 rings (SSSR count). The summed E-state index contributed by atoms with van der Waals surface area (Å²) in [4.78, 5) is 20.4. The molecule has 1 aromatic carbocycles. The summed E-state index contributed by atoms with van der Waals surface area (Å²) in [5, 5.41) is 3.99. The van der Waals surface area contributed by atoms with E-state index in [2.05, 4.69) is 20.0 Å².